The normalized spacial score (nSPS) is 17.7. The van der Waals surface area contributed by atoms with Gasteiger partial charge in [0.05, 0.1) is 11.5 Å². The van der Waals surface area contributed by atoms with Gasteiger partial charge in [0.25, 0.3) is 0 Å². The third-order valence-corrected chi connectivity index (χ3v) is 4.84. The summed E-state index contributed by atoms with van der Waals surface area (Å²) in [4.78, 5) is 10.8. The summed E-state index contributed by atoms with van der Waals surface area (Å²) in [7, 11) is 0. The van der Waals surface area contributed by atoms with Crippen LogP contribution in [0.1, 0.15) is 37.7 Å². The molecule has 0 bridgehead atoms. The van der Waals surface area contributed by atoms with Gasteiger partial charge in [-0.25, -0.2) is 0 Å². The number of hydrogen-bond donors (Lipinski definition) is 1. The highest BCUT2D eigenvalue weighted by Gasteiger charge is 2.32. The molecule has 4 nitrogen and oxygen atoms in total. The Bertz CT molecular complexity index is 484. The summed E-state index contributed by atoms with van der Waals surface area (Å²) in [5.41, 5.74) is 0.785. The lowest BCUT2D eigenvalue weighted by Gasteiger charge is -2.35. The van der Waals surface area contributed by atoms with Gasteiger partial charge in [0.1, 0.15) is 0 Å². The third-order valence-electron chi connectivity index (χ3n) is 4.17. The molecular formula is C15H21NO3S. The Morgan fingerprint density at radius 1 is 1.35 bits per heavy atom. The molecule has 0 radical (unpaired) electrons. The highest BCUT2D eigenvalue weighted by Crippen LogP contribution is 2.39. The van der Waals surface area contributed by atoms with E-state index in [2.05, 4.69) is 12.6 Å². The Kier molecular flexibility index (Phi) is 4.91. The van der Waals surface area contributed by atoms with Gasteiger partial charge in [-0.2, -0.15) is 12.6 Å². The molecule has 1 aromatic rings. The maximum atomic E-state index is 11.2. The van der Waals surface area contributed by atoms with Gasteiger partial charge in [0.15, 0.2) is 5.75 Å². The van der Waals surface area contributed by atoms with Crippen LogP contribution in [0.5, 0.6) is 5.75 Å². The minimum atomic E-state index is -0.362. The van der Waals surface area contributed by atoms with E-state index in [0.717, 1.165) is 18.6 Å². The molecule has 1 aliphatic rings. The molecule has 0 aliphatic heterocycles. The molecule has 1 saturated carbocycles. The average molecular weight is 295 g/mol. The van der Waals surface area contributed by atoms with Crippen LogP contribution in [0.2, 0.25) is 0 Å². The second kappa shape index (κ2) is 6.48. The summed E-state index contributed by atoms with van der Waals surface area (Å²) >= 11 is 4.47. The maximum Gasteiger partial charge on any atom is 0.313 e. The van der Waals surface area contributed by atoms with Crippen LogP contribution in [-0.4, -0.2) is 17.3 Å². The second-order valence-electron chi connectivity index (χ2n) is 5.69. The zero-order valence-electron chi connectivity index (χ0n) is 11.8. The molecule has 1 aliphatic carbocycles. The Morgan fingerprint density at radius 3 is 2.65 bits per heavy atom. The summed E-state index contributed by atoms with van der Waals surface area (Å²) < 4.78 is 5.82. The molecule has 1 fully saturated rings. The molecule has 110 valence electrons. The van der Waals surface area contributed by atoms with Crippen molar-refractivity contribution in [3.8, 4) is 5.75 Å². The molecule has 0 aromatic heterocycles. The lowest BCUT2D eigenvalue weighted by molar-refractivity contribution is -0.386. The summed E-state index contributed by atoms with van der Waals surface area (Å²) in [6, 6.07) is 5.21. The average Bonchev–Trinajstić information content (AvgIpc) is 2.45. The Hall–Kier alpha value is -1.23. The monoisotopic (exact) mass is 295 g/mol. The molecule has 1 aromatic carbocycles. The lowest BCUT2D eigenvalue weighted by Crippen LogP contribution is -2.33. The van der Waals surface area contributed by atoms with E-state index < -0.39 is 0 Å². The number of nitro benzene ring substituents is 1. The molecule has 2 rings (SSSR count). The van der Waals surface area contributed by atoms with Crippen molar-refractivity contribution in [1.82, 2.24) is 0 Å². The van der Waals surface area contributed by atoms with E-state index in [1.54, 1.807) is 25.1 Å². The van der Waals surface area contributed by atoms with Crippen molar-refractivity contribution in [2.24, 2.45) is 5.41 Å². The van der Waals surface area contributed by atoms with Gasteiger partial charge in [0.2, 0.25) is 0 Å². The van der Waals surface area contributed by atoms with Gasteiger partial charge >= 0.3 is 5.69 Å². The molecule has 5 heteroatoms. The van der Waals surface area contributed by atoms with Gasteiger partial charge in [-0.3, -0.25) is 10.1 Å². The number of para-hydroxylation sites is 1. The summed E-state index contributed by atoms with van der Waals surface area (Å²) in [6.07, 6.45) is 5.84. The van der Waals surface area contributed by atoms with Crippen LogP contribution in [0.3, 0.4) is 0 Å². The Labute approximate surface area is 125 Å². The number of aryl methyl sites for hydroxylation is 1. The third kappa shape index (κ3) is 3.26. The minimum Gasteiger partial charge on any atom is -0.486 e. The second-order valence-corrected chi connectivity index (χ2v) is 6.00. The maximum absolute atomic E-state index is 11.2. The smallest absolute Gasteiger partial charge is 0.313 e. The first-order chi connectivity index (χ1) is 9.58. The van der Waals surface area contributed by atoms with Crippen molar-refractivity contribution >= 4 is 18.3 Å². The van der Waals surface area contributed by atoms with E-state index in [1.165, 1.54) is 19.3 Å². The van der Waals surface area contributed by atoms with Crippen molar-refractivity contribution in [2.45, 2.75) is 39.0 Å². The van der Waals surface area contributed by atoms with E-state index in [-0.39, 0.29) is 16.0 Å². The zero-order valence-corrected chi connectivity index (χ0v) is 12.7. The van der Waals surface area contributed by atoms with Crippen LogP contribution in [0.4, 0.5) is 5.69 Å². The van der Waals surface area contributed by atoms with Crippen LogP contribution in [0.15, 0.2) is 18.2 Å². The highest BCUT2D eigenvalue weighted by molar-refractivity contribution is 7.80. The number of benzene rings is 1. The fraction of sp³-hybridized carbons (Fsp3) is 0.600. The number of rotatable bonds is 5. The molecule has 0 spiro atoms. The fourth-order valence-electron chi connectivity index (χ4n) is 2.86. The molecule has 20 heavy (non-hydrogen) atoms. The van der Waals surface area contributed by atoms with E-state index in [0.29, 0.717) is 17.9 Å². The van der Waals surface area contributed by atoms with Gasteiger partial charge < -0.3 is 4.74 Å². The molecule has 0 heterocycles. The topological polar surface area (TPSA) is 52.4 Å². The van der Waals surface area contributed by atoms with Gasteiger partial charge in [-0.1, -0.05) is 31.4 Å². The van der Waals surface area contributed by atoms with Crippen molar-refractivity contribution in [3.63, 3.8) is 0 Å². The van der Waals surface area contributed by atoms with E-state index in [1.807, 2.05) is 0 Å². The fourth-order valence-corrected chi connectivity index (χ4v) is 3.27. The van der Waals surface area contributed by atoms with E-state index >= 15 is 0 Å². The molecule has 0 amide bonds. The molecular weight excluding hydrogens is 274 g/mol. The predicted octanol–water partition coefficient (Wildman–Crippen LogP) is 4.16. The molecule has 0 unspecified atom stereocenters. The zero-order chi connectivity index (χ0) is 14.6. The Balaban J connectivity index is 2.14. The van der Waals surface area contributed by atoms with Crippen molar-refractivity contribution in [3.05, 3.63) is 33.9 Å². The number of nitrogens with zero attached hydrogens (tertiary/aromatic N) is 1. The van der Waals surface area contributed by atoms with Crippen LogP contribution >= 0.6 is 12.6 Å². The molecule has 0 atom stereocenters. The standard InChI is InChI=1S/C15H21NO3S/c1-12-6-5-7-13(14(12)16(17)18)19-10-15(11-20)8-3-2-4-9-15/h5-7,20H,2-4,8-11H2,1H3. The van der Waals surface area contributed by atoms with Crippen LogP contribution < -0.4 is 4.74 Å². The Morgan fingerprint density at radius 2 is 2.05 bits per heavy atom. The quantitative estimate of drug-likeness (QED) is 0.504. The van der Waals surface area contributed by atoms with Crippen molar-refractivity contribution in [1.29, 1.82) is 0 Å². The predicted molar refractivity (Wildman–Crippen MR) is 82.7 cm³/mol. The first-order valence-electron chi connectivity index (χ1n) is 7.06. The number of hydrogen-bond acceptors (Lipinski definition) is 4. The van der Waals surface area contributed by atoms with Gasteiger partial charge in [-0.05, 0) is 31.6 Å². The number of thiol groups is 1. The van der Waals surface area contributed by atoms with Gasteiger partial charge in [0, 0.05) is 11.0 Å². The summed E-state index contributed by atoms with van der Waals surface area (Å²) in [6.45, 7) is 2.25. The summed E-state index contributed by atoms with van der Waals surface area (Å²) in [5.74, 6) is 1.15. The highest BCUT2D eigenvalue weighted by atomic mass is 32.1. The van der Waals surface area contributed by atoms with Crippen molar-refractivity contribution < 1.29 is 9.66 Å². The summed E-state index contributed by atoms with van der Waals surface area (Å²) in [5, 5.41) is 11.2. The SMILES string of the molecule is Cc1cccc(OCC2(CS)CCCCC2)c1[N+](=O)[O-]. The number of nitro groups is 1. The van der Waals surface area contributed by atoms with E-state index in [9.17, 15) is 10.1 Å². The first-order valence-corrected chi connectivity index (χ1v) is 7.69. The van der Waals surface area contributed by atoms with Gasteiger partial charge in [-0.15, -0.1) is 0 Å². The van der Waals surface area contributed by atoms with Crippen LogP contribution in [0, 0.1) is 22.5 Å². The van der Waals surface area contributed by atoms with Crippen molar-refractivity contribution in [2.75, 3.05) is 12.4 Å². The minimum absolute atomic E-state index is 0.0684. The van der Waals surface area contributed by atoms with Crippen LogP contribution in [0.25, 0.3) is 0 Å². The largest absolute Gasteiger partial charge is 0.486 e. The van der Waals surface area contributed by atoms with E-state index in [4.69, 9.17) is 4.74 Å². The first kappa shape index (κ1) is 15.2. The molecule has 0 saturated heterocycles. The lowest BCUT2D eigenvalue weighted by atomic mass is 9.76. The molecule has 0 N–H and O–H groups in total. The van der Waals surface area contributed by atoms with Crippen LogP contribution in [-0.2, 0) is 0 Å². The number of ether oxygens (including phenoxy) is 1.